The fraction of sp³-hybridized carbons (Fsp3) is 0.593. The molecule has 0 aliphatic carbocycles. The van der Waals surface area contributed by atoms with Crippen molar-refractivity contribution in [2.24, 2.45) is 7.05 Å². The number of nitrogens with zero attached hydrogens (tertiary/aromatic N) is 4. The van der Waals surface area contributed by atoms with E-state index in [9.17, 15) is 9.59 Å². The number of hydrogen-bond acceptors (Lipinski definition) is 4. The summed E-state index contributed by atoms with van der Waals surface area (Å²) in [7, 11) is 1.84. The molecule has 3 heterocycles. The summed E-state index contributed by atoms with van der Waals surface area (Å²) in [4.78, 5) is 30.8. The average Bonchev–Trinajstić information content (AvgIpc) is 3.31. The molecule has 1 unspecified atom stereocenters. The Morgan fingerprint density at radius 3 is 2.44 bits per heavy atom. The van der Waals surface area contributed by atoms with E-state index in [1.165, 1.54) is 5.56 Å². The summed E-state index contributed by atoms with van der Waals surface area (Å²) in [5.41, 5.74) is 2.24. The number of carbonyl (C=O) groups excluding carboxylic acids is 2. The number of piperidine rings is 1. The molecule has 0 radical (unpaired) electrons. The molecule has 2 amide bonds. The number of carbonyl (C=O) groups is 2. The highest BCUT2D eigenvalue weighted by Gasteiger charge is 2.51. The summed E-state index contributed by atoms with van der Waals surface area (Å²) in [5, 5.41) is 8.30. The Labute approximate surface area is 203 Å². The minimum absolute atomic E-state index is 0.0191. The highest BCUT2D eigenvalue weighted by atomic mass is 16.2. The number of nitrogens with one attached hydrogen (secondary N) is 1. The molecule has 0 saturated carbocycles. The van der Waals surface area contributed by atoms with Crippen LogP contribution in [0.5, 0.6) is 0 Å². The molecule has 2 fully saturated rings. The van der Waals surface area contributed by atoms with Crippen LogP contribution in [0.25, 0.3) is 0 Å². The first-order chi connectivity index (χ1) is 16.1. The first-order valence-electron chi connectivity index (χ1n) is 12.6. The maximum atomic E-state index is 13.4. The second-order valence-corrected chi connectivity index (χ2v) is 10.8. The predicted molar refractivity (Wildman–Crippen MR) is 133 cm³/mol. The Balaban J connectivity index is 1.48. The lowest BCUT2D eigenvalue weighted by Gasteiger charge is -2.44. The van der Waals surface area contributed by atoms with Gasteiger partial charge in [-0.2, -0.15) is 5.10 Å². The van der Waals surface area contributed by atoms with E-state index >= 15 is 0 Å². The van der Waals surface area contributed by atoms with Crippen molar-refractivity contribution in [1.29, 1.82) is 0 Å². The van der Waals surface area contributed by atoms with Gasteiger partial charge in [0.1, 0.15) is 5.69 Å². The quantitative estimate of drug-likeness (QED) is 0.709. The molecule has 1 aromatic heterocycles. The molecule has 4 rings (SSSR count). The minimum Gasteiger partial charge on any atom is -0.337 e. The second-order valence-electron chi connectivity index (χ2n) is 10.8. The van der Waals surface area contributed by atoms with Crippen molar-refractivity contribution >= 4 is 11.8 Å². The molecule has 2 aliphatic rings. The van der Waals surface area contributed by atoms with E-state index in [1.54, 1.807) is 4.68 Å². The molecule has 0 bridgehead atoms. The van der Waals surface area contributed by atoms with Crippen molar-refractivity contribution in [3.8, 4) is 0 Å². The van der Waals surface area contributed by atoms with Crippen LogP contribution in [0.2, 0.25) is 0 Å². The van der Waals surface area contributed by atoms with E-state index in [-0.39, 0.29) is 28.9 Å². The summed E-state index contributed by atoms with van der Waals surface area (Å²) in [6, 6.07) is 11.9. The maximum Gasteiger partial charge on any atom is 0.272 e. The zero-order chi connectivity index (χ0) is 24.5. The third-order valence-corrected chi connectivity index (χ3v) is 7.29. The van der Waals surface area contributed by atoms with Gasteiger partial charge in [0, 0.05) is 44.9 Å². The standard InChI is InChI=1S/C27H39N5O2/c1-6-7-15-32-24(33)21(18-20-11-9-8-10-12-20)28-27(32)13-16-31(17-14-27)25(34)22-19-23(26(2,3)4)29-30(22)5/h8-12,19,21,28H,6-7,13-18H2,1-5H3. The van der Waals surface area contributed by atoms with Crippen LogP contribution in [0.3, 0.4) is 0 Å². The fourth-order valence-electron chi connectivity index (χ4n) is 5.18. The molecule has 1 atom stereocenters. The van der Waals surface area contributed by atoms with Gasteiger partial charge in [0.15, 0.2) is 0 Å². The van der Waals surface area contributed by atoms with Gasteiger partial charge in [-0.3, -0.25) is 19.6 Å². The van der Waals surface area contributed by atoms with Crippen LogP contribution >= 0.6 is 0 Å². The minimum atomic E-state index is -0.370. The van der Waals surface area contributed by atoms with Gasteiger partial charge < -0.3 is 9.80 Å². The van der Waals surface area contributed by atoms with Crippen molar-refractivity contribution < 1.29 is 9.59 Å². The summed E-state index contributed by atoms with van der Waals surface area (Å²) in [6.07, 6.45) is 4.20. The Bertz CT molecular complexity index is 1020. The Morgan fingerprint density at radius 2 is 1.85 bits per heavy atom. The lowest BCUT2D eigenvalue weighted by atomic mass is 9.92. The maximum absolute atomic E-state index is 13.4. The summed E-state index contributed by atoms with van der Waals surface area (Å²) >= 11 is 0. The first kappa shape index (κ1) is 24.5. The largest absolute Gasteiger partial charge is 0.337 e. The average molecular weight is 466 g/mol. The normalized spacial score (nSPS) is 20.4. The van der Waals surface area contributed by atoms with Gasteiger partial charge in [-0.1, -0.05) is 64.4 Å². The lowest BCUT2D eigenvalue weighted by molar-refractivity contribution is -0.133. The number of rotatable bonds is 6. The molecule has 7 nitrogen and oxygen atoms in total. The number of aromatic nitrogens is 2. The molecule has 1 aromatic carbocycles. The van der Waals surface area contributed by atoms with E-state index < -0.39 is 0 Å². The molecule has 1 N–H and O–H groups in total. The third-order valence-electron chi connectivity index (χ3n) is 7.29. The van der Waals surface area contributed by atoms with Gasteiger partial charge >= 0.3 is 0 Å². The number of amides is 2. The van der Waals surface area contributed by atoms with Gasteiger partial charge in [-0.05, 0) is 24.5 Å². The topological polar surface area (TPSA) is 70.5 Å². The molecule has 2 aliphatic heterocycles. The first-order valence-corrected chi connectivity index (χ1v) is 12.6. The molecule has 34 heavy (non-hydrogen) atoms. The number of unbranched alkanes of at least 4 members (excludes halogenated alkanes) is 1. The zero-order valence-corrected chi connectivity index (χ0v) is 21.3. The van der Waals surface area contributed by atoms with Crippen LogP contribution in [-0.4, -0.2) is 62.7 Å². The van der Waals surface area contributed by atoms with Gasteiger partial charge in [-0.15, -0.1) is 0 Å². The van der Waals surface area contributed by atoms with Crippen molar-refractivity contribution in [3.05, 3.63) is 53.3 Å². The fourth-order valence-corrected chi connectivity index (χ4v) is 5.18. The van der Waals surface area contributed by atoms with Crippen LogP contribution in [0.4, 0.5) is 0 Å². The predicted octanol–water partition coefficient (Wildman–Crippen LogP) is 3.49. The smallest absolute Gasteiger partial charge is 0.272 e. The van der Waals surface area contributed by atoms with Crippen LogP contribution in [0.15, 0.2) is 36.4 Å². The zero-order valence-electron chi connectivity index (χ0n) is 21.3. The van der Waals surface area contributed by atoms with E-state index in [4.69, 9.17) is 0 Å². The monoisotopic (exact) mass is 465 g/mol. The van der Waals surface area contributed by atoms with Crippen LogP contribution in [0, 0.1) is 0 Å². The Hall–Kier alpha value is -2.67. The van der Waals surface area contributed by atoms with Gasteiger partial charge in [-0.25, -0.2) is 0 Å². The number of likely N-dealkylation sites (tertiary alicyclic amines) is 1. The number of hydrogen-bond donors (Lipinski definition) is 1. The van der Waals surface area contributed by atoms with E-state index in [0.717, 1.165) is 37.9 Å². The molecule has 2 aromatic rings. The SMILES string of the molecule is CCCCN1C(=O)C(Cc2ccccc2)NC12CCN(C(=O)c1cc(C(C)(C)C)nn1C)CC2. The van der Waals surface area contributed by atoms with Gasteiger partial charge in [0.05, 0.1) is 17.4 Å². The highest BCUT2D eigenvalue weighted by Crippen LogP contribution is 2.34. The molecule has 2 saturated heterocycles. The Kier molecular flexibility index (Phi) is 6.85. The summed E-state index contributed by atoms with van der Waals surface area (Å²) in [6.45, 7) is 10.5. The summed E-state index contributed by atoms with van der Waals surface area (Å²) < 4.78 is 1.70. The van der Waals surface area contributed by atoms with Crippen molar-refractivity contribution in [2.45, 2.75) is 76.9 Å². The summed E-state index contributed by atoms with van der Waals surface area (Å²) in [5.74, 6) is 0.212. The molecule has 1 spiro atoms. The molecule has 7 heteroatoms. The number of aryl methyl sites for hydroxylation is 1. The van der Waals surface area contributed by atoms with Crippen LogP contribution < -0.4 is 5.32 Å². The van der Waals surface area contributed by atoms with E-state index in [2.05, 4.69) is 55.1 Å². The molecular weight excluding hydrogens is 426 g/mol. The lowest BCUT2D eigenvalue weighted by Crippen LogP contribution is -2.59. The van der Waals surface area contributed by atoms with E-state index in [0.29, 0.717) is 25.2 Å². The second kappa shape index (κ2) is 9.53. The van der Waals surface area contributed by atoms with Crippen molar-refractivity contribution in [1.82, 2.24) is 24.9 Å². The van der Waals surface area contributed by atoms with Crippen LogP contribution in [-0.2, 0) is 23.7 Å². The van der Waals surface area contributed by atoms with Gasteiger partial charge in [0.25, 0.3) is 5.91 Å². The van der Waals surface area contributed by atoms with Crippen molar-refractivity contribution in [2.75, 3.05) is 19.6 Å². The Morgan fingerprint density at radius 1 is 1.18 bits per heavy atom. The van der Waals surface area contributed by atoms with E-state index in [1.807, 2.05) is 36.2 Å². The highest BCUT2D eigenvalue weighted by molar-refractivity contribution is 5.93. The number of benzene rings is 1. The molecule has 184 valence electrons. The third kappa shape index (κ3) is 4.76. The molecular formula is C27H39N5O2. The van der Waals surface area contributed by atoms with Crippen molar-refractivity contribution in [3.63, 3.8) is 0 Å². The van der Waals surface area contributed by atoms with Gasteiger partial charge in [0.2, 0.25) is 5.91 Å². The van der Waals surface area contributed by atoms with Crippen LogP contribution in [0.1, 0.15) is 75.1 Å².